The summed E-state index contributed by atoms with van der Waals surface area (Å²) < 4.78 is 42.1. The van der Waals surface area contributed by atoms with Gasteiger partial charge in [0.15, 0.2) is 0 Å². The van der Waals surface area contributed by atoms with Crippen LogP contribution in [0.15, 0.2) is 48.9 Å². The standard InChI is InChI=1S/C20H20ClF3N6O2/c1-3-14(12-26-18-7-4-13(21)11-25-18)29(2)19(31)16-10-15(32-20(22,23)24)5-6-17(16)30-27-8-9-28-30/h4-11,14H,3,12H2,1-2H3,(H,25,26). The zero-order valence-electron chi connectivity index (χ0n) is 17.2. The number of aromatic nitrogens is 4. The van der Waals surface area contributed by atoms with Crippen LogP contribution in [0.4, 0.5) is 19.0 Å². The quantitative estimate of drug-likeness (QED) is 0.534. The molecular weight excluding hydrogens is 449 g/mol. The van der Waals surface area contributed by atoms with Crippen molar-refractivity contribution in [1.82, 2.24) is 24.9 Å². The van der Waals surface area contributed by atoms with Gasteiger partial charge in [0, 0.05) is 25.8 Å². The summed E-state index contributed by atoms with van der Waals surface area (Å²) in [5, 5.41) is 11.6. The fraction of sp³-hybridized carbons (Fsp3) is 0.300. The Morgan fingerprint density at radius 3 is 2.56 bits per heavy atom. The number of carbonyl (C=O) groups is 1. The fourth-order valence-corrected chi connectivity index (χ4v) is 3.12. The summed E-state index contributed by atoms with van der Waals surface area (Å²) in [6.45, 7) is 2.26. The lowest BCUT2D eigenvalue weighted by Crippen LogP contribution is -2.41. The molecule has 2 aromatic heterocycles. The third-order valence-corrected chi connectivity index (χ3v) is 4.88. The fourth-order valence-electron chi connectivity index (χ4n) is 3.01. The van der Waals surface area contributed by atoms with E-state index in [0.29, 0.717) is 23.8 Å². The normalized spacial score (nSPS) is 12.3. The van der Waals surface area contributed by atoms with Crippen LogP contribution < -0.4 is 10.1 Å². The number of nitrogens with zero attached hydrogens (tertiary/aromatic N) is 5. The van der Waals surface area contributed by atoms with Crippen LogP contribution >= 0.6 is 11.6 Å². The van der Waals surface area contributed by atoms with Crippen LogP contribution in [0.5, 0.6) is 5.75 Å². The maximum absolute atomic E-state index is 13.3. The molecule has 0 saturated heterocycles. The first-order chi connectivity index (χ1) is 15.2. The minimum Gasteiger partial charge on any atom is -0.406 e. The van der Waals surface area contributed by atoms with Crippen molar-refractivity contribution in [1.29, 1.82) is 0 Å². The SMILES string of the molecule is CCC(CNc1ccc(Cl)cn1)N(C)C(=O)c1cc(OC(F)(F)F)ccc1-n1nccn1. The Morgan fingerprint density at radius 2 is 1.97 bits per heavy atom. The van der Waals surface area contributed by atoms with Gasteiger partial charge in [-0.15, -0.1) is 13.2 Å². The van der Waals surface area contributed by atoms with Crippen molar-refractivity contribution in [3.63, 3.8) is 0 Å². The molecule has 1 atom stereocenters. The van der Waals surface area contributed by atoms with Crippen LogP contribution in [-0.2, 0) is 0 Å². The second-order valence-corrected chi connectivity index (χ2v) is 7.20. The number of ether oxygens (including phenoxy) is 1. The molecule has 8 nitrogen and oxygen atoms in total. The molecule has 0 aliphatic carbocycles. The first-order valence-corrected chi connectivity index (χ1v) is 9.94. The number of likely N-dealkylation sites (N-methyl/N-ethyl adjacent to an activating group) is 1. The molecule has 0 fully saturated rings. The molecule has 1 amide bonds. The topological polar surface area (TPSA) is 85.2 Å². The summed E-state index contributed by atoms with van der Waals surface area (Å²) in [5.74, 6) is -0.444. The number of carbonyl (C=O) groups excluding carboxylic acids is 1. The molecular formula is C20H20ClF3N6O2. The summed E-state index contributed by atoms with van der Waals surface area (Å²) >= 11 is 5.84. The summed E-state index contributed by atoms with van der Waals surface area (Å²) in [5.41, 5.74) is 0.192. The van der Waals surface area contributed by atoms with Gasteiger partial charge in [-0.3, -0.25) is 4.79 Å². The van der Waals surface area contributed by atoms with E-state index in [1.165, 1.54) is 29.6 Å². The molecule has 3 aromatic rings. The molecule has 0 radical (unpaired) electrons. The van der Waals surface area contributed by atoms with Gasteiger partial charge in [-0.1, -0.05) is 18.5 Å². The predicted octanol–water partition coefficient (Wildman–Crippen LogP) is 4.18. The molecule has 0 saturated carbocycles. The van der Waals surface area contributed by atoms with Gasteiger partial charge < -0.3 is 15.0 Å². The molecule has 170 valence electrons. The number of alkyl halides is 3. The average molecular weight is 469 g/mol. The zero-order valence-corrected chi connectivity index (χ0v) is 17.9. The van der Waals surface area contributed by atoms with Crippen LogP contribution in [0.25, 0.3) is 5.69 Å². The summed E-state index contributed by atoms with van der Waals surface area (Å²) in [6.07, 6.45) is -0.0166. The van der Waals surface area contributed by atoms with Crippen molar-refractivity contribution < 1.29 is 22.7 Å². The number of anilines is 1. The molecule has 3 rings (SSSR count). The highest BCUT2D eigenvalue weighted by Crippen LogP contribution is 2.27. The van der Waals surface area contributed by atoms with Crippen LogP contribution in [0.3, 0.4) is 0 Å². The Hall–Kier alpha value is -3.34. The Balaban J connectivity index is 1.85. The summed E-state index contributed by atoms with van der Waals surface area (Å²) in [7, 11) is 1.57. The number of hydrogen-bond donors (Lipinski definition) is 1. The number of amides is 1. The number of pyridine rings is 1. The second-order valence-electron chi connectivity index (χ2n) is 6.77. The van der Waals surface area contributed by atoms with Crippen molar-refractivity contribution in [2.75, 3.05) is 18.9 Å². The van der Waals surface area contributed by atoms with Gasteiger partial charge in [0.25, 0.3) is 5.91 Å². The lowest BCUT2D eigenvalue weighted by atomic mass is 10.1. The Kier molecular flexibility index (Phi) is 7.18. The number of benzene rings is 1. The second kappa shape index (κ2) is 9.86. The lowest BCUT2D eigenvalue weighted by molar-refractivity contribution is -0.274. The first kappa shape index (κ1) is 23.3. The van der Waals surface area contributed by atoms with Gasteiger partial charge in [-0.05, 0) is 36.8 Å². The van der Waals surface area contributed by atoms with Crippen molar-refractivity contribution in [3.05, 3.63) is 59.5 Å². The van der Waals surface area contributed by atoms with Crippen molar-refractivity contribution in [2.24, 2.45) is 0 Å². The van der Waals surface area contributed by atoms with E-state index >= 15 is 0 Å². The van der Waals surface area contributed by atoms with E-state index in [0.717, 1.165) is 16.9 Å². The lowest BCUT2D eigenvalue weighted by Gasteiger charge is -2.28. The minimum atomic E-state index is -4.89. The van der Waals surface area contributed by atoms with E-state index in [1.807, 2.05) is 6.92 Å². The monoisotopic (exact) mass is 468 g/mol. The van der Waals surface area contributed by atoms with Crippen LogP contribution in [0.1, 0.15) is 23.7 Å². The molecule has 0 bridgehead atoms. The van der Waals surface area contributed by atoms with Gasteiger partial charge in [-0.2, -0.15) is 15.0 Å². The molecule has 1 N–H and O–H groups in total. The van der Waals surface area contributed by atoms with Crippen molar-refractivity contribution in [3.8, 4) is 11.4 Å². The average Bonchev–Trinajstić information content (AvgIpc) is 3.28. The summed E-state index contributed by atoms with van der Waals surface area (Å²) in [4.78, 5) is 20.1. The predicted molar refractivity (Wildman–Crippen MR) is 112 cm³/mol. The minimum absolute atomic E-state index is 0.0338. The highest BCUT2D eigenvalue weighted by atomic mass is 35.5. The van der Waals surface area contributed by atoms with Crippen molar-refractivity contribution >= 4 is 23.3 Å². The van der Waals surface area contributed by atoms with E-state index in [9.17, 15) is 18.0 Å². The van der Waals surface area contributed by atoms with E-state index in [4.69, 9.17) is 11.6 Å². The van der Waals surface area contributed by atoms with Crippen LogP contribution in [-0.4, -0.2) is 56.8 Å². The molecule has 2 heterocycles. The van der Waals surface area contributed by atoms with E-state index < -0.39 is 18.0 Å². The third kappa shape index (κ3) is 5.88. The third-order valence-electron chi connectivity index (χ3n) is 4.65. The number of rotatable bonds is 8. The van der Waals surface area contributed by atoms with E-state index in [-0.39, 0.29) is 17.3 Å². The Bertz CT molecular complexity index is 1040. The number of halogens is 4. The highest BCUT2D eigenvalue weighted by molar-refractivity contribution is 6.30. The maximum atomic E-state index is 13.3. The molecule has 1 aromatic carbocycles. The smallest absolute Gasteiger partial charge is 0.406 e. The molecule has 1 unspecified atom stereocenters. The first-order valence-electron chi connectivity index (χ1n) is 9.57. The summed E-state index contributed by atoms with van der Waals surface area (Å²) in [6, 6.07) is 6.54. The largest absolute Gasteiger partial charge is 0.573 e. The van der Waals surface area contributed by atoms with Crippen LogP contribution in [0, 0.1) is 0 Å². The number of hydrogen-bond acceptors (Lipinski definition) is 6. The van der Waals surface area contributed by atoms with Crippen LogP contribution in [0.2, 0.25) is 5.02 Å². The molecule has 32 heavy (non-hydrogen) atoms. The van der Waals surface area contributed by atoms with Gasteiger partial charge in [0.2, 0.25) is 0 Å². The van der Waals surface area contributed by atoms with E-state index in [2.05, 4.69) is 25.2 Å². The molecule has 0 aliphatic heterocycles. The molecule has 0 spiro atoms. The van der Waals surface area contributed by atoms with E-state index in [1.54, 1.807) is 19.2 Å². The van der Waals surface area contributed by atoms with Gasteiger partial charge in [0.05, 0.1) is 28.7 Å². The van der Waals surface area contributed by atoms with Gasteiger partial charge >= 0.3 is 6.36 Å². The van der Waals surface area contributed by atoms with Crippen molar-refractivity contribution in [2.45, 2.75) is 25.7 Å². The zero-order chi connectivity index (χ0) is 23.3. The molecule has 0 aliphatic rings. The van der Waals surface area contributed by atoms with Gasteiger partial charge in [0.1, 0.15) is 11.6 Å². The Labute approximate surface area is 186 Å². The Morgan fingerprint density at radius 1 is 1.25 bits per heavy atom. The van der Waals surface area contributed by atoms with Gasteiger partial charge in [-0.25, -0.2) is 4.98 Å². The molecule has 12 heteroatoms. The maximum Gasteiger partial charge on any atom is 0.573 e. The number of nitrogens with one attached hydrogen (secondary N) is 1. The highest BCUT2D eigenvalue weighted by Gasteiger charge is 2.32.